The first-order valence-corrected chi connectivity index (χ1v) is 9.40. The molecule has 1 saturated heterocycles. The molecular weight excluding hydrogens is 328 g/mol. The van der Waals surface area contributed by atoms with Gasteiger partial charge >= 0.3 is 0 Å². The molecular formula is C21H22N2O3. The van der Waals surface area contributed by atoms with Crippen LogP contribution in [-0.4, -0.2) is 28.7 Å². The van der Waals surface area contributed by atoms with Gasteiger partial charge < -0.3 is 5.32 Å². The van der Waals surface area contributed by atoms with Gasteiger partial charge in [-0.05, 0) is 61.6 Å². The predicted molar refractivity (Wildman–Crippen MR) is 95.8 cm³/mol. The van der Waals surface area contributed by atoms with Crippen LogP contribution in [0.4, 0.5) is 5.69 Å². The summed E-state index contributed by atoms with van der Waals surface area (Å²) in [5, 5.41) is 2.84. The highest BCUT2D eigenvalue weighted by molar-refractivity contribution is 6.10. The van der Waals surface area contributed by atoms with Crippen LogP contribution < -0.4 is 5.32 Å². The van der Waals surface area contributed by atoms with Crippen molar-refractivity contribution in [1.29, 1.82) is 0 Å². The van der Waals surface area contributed by atoms with E-state index in [9.17, 15) is 14.4 Å². The molecule has 3 fully saturated rings. The Kier molecular flexibility index (Phi) is 3.21. The van der Waals surface area contributed by atoms with Gasteiger partial charge in [0.25, 0.3) is 0 Å². The summed E-state index contributed by atoms with van der Waals surface area (Å²) in [7, 11) is 0. The molecule has 0 spiro atoms. The van der Waals surface area contributed by atoms with Crippen molar-refractivity contribution in [2.75, 3.05) is 5.32 Å². The van der Waals surface area contributed by atoms with Gasteiger partial charge in [0.1, 0.15) is 6.04 Å². The van der Waals surface area contributed by atoms with Crippen molar-refractivity contribution in [3.63, 3.8) is 0 Å². The highest BCUT2D eigenvalue weighted by atomic mass is 16.2. The van der Waals surface area contributed by atoms with E-state index in [1.54, 1.807) is 6.92 Å². The second kappa shape index (κ2) is 5.29. The maximum Gasteiger partial charge on any atom is 0.247 e. The minimum atomic E-state index is -0.795. The van der Waals surface area contributed by atoms with Crippen LogP contribution in [0.2, 0.25) is 0 Å². The largest absolute Gasteiger partial charge is 0.324 e. The average molecular weight is 350 g/mol. The number of rotatable bonds is 3. The lowest BCUT2D eigenvalue weighted by Crippen LogP contribution is -2.46. The summed E-state index contributed by atoms with van der Waals surface area (Å²) in [5.41, 5.74) is 1.72. The number of hydrogen-bond acceptors (Lipinski definition) is 3. The normalized spacial score (nSPS) is 37.4. The van der Waals surface area contributed by atoms with Crippen LogP contribution in [0, 0.1) is 42.4 Å². The Morgan fingerprint density at radius 3 is 2.31 bits per heavy atom. The number of amides is 3. The van der Waals surface area contributed by atoms with Gasteiger partial charge in [-0.25, -0.2) is 0 Å². The lowest BCUT2D eigenvalue weighted by Gasteiger charge is -2.37. The van der Waals surface area contributed by atoms with Gasteiger partial charge in [0.05, 0.1) is 11.8 Å². The summed E-state index contributed by atoms with van der Waals surface area (Å²) in [5.74, 6) is 0.367. The Labute approximate surface area is 152 Å². The topological polar surface area (TPSA) is 66.5 Å². The Balaban J connectivity index is 1.38. The molecule has 26 heavy (non-hydrogen) atoms. The molecule has 1 N–H and O–H groups in total. The minimum absolute atomic E-state index is 0.156. The molecule has 1 heterocycles. The maximum absolute atomic E-state index is 13.0. The SMILES string of the molecule is Cc1cccc(NC(=O)[C@H](C)N2C(=O)[C@@H]3[C@H]4C=C[C@@H]([C@@H]5C[C@H]45)[C@@H]3C2=O)c1. The van der Waals surface area contributed by atoms with Crippen LogP contribution >= 0.6 is 0 Å². The van der Waals surface area contributed by atoms with Crippen LogP contribution in [0.25, 0.3) is 0 Å². The van der Waals surface area contributed by atoms with Crippen molar-refractivity contribution in [3.8, 4) is 0 Å². The molecule has 1 aliphatic heterocycles. The van der Waals surface area contributed by atoms with E-state index in [0.29, 0.717) is 17.5 Å². The van der Waals surface area contributed by atoms with Crippen molar-refractivity contribution in [2.24, 2.45) is 35.5 Å². The summed E-state index contributed by atoms with van der Waals surface area (Å²) >= 11 is 0. The third kappa shape index (κ3) is 2.06. The van der Waals surface area contributed by atoms with Gasteiger partial charge in [0.2, 0.25) is 17.7 Å². The zero-order valence-electron chi connectivity index (χ0n) is 14.9. The molecule has 6 rings (SSSR count). The first-order chi connectivity index (χ1) is 12.5. The molecule has 5 aliphatic rings. The number of benzene rings is 1. The van der Waals surface area contributed by atoms with E-state index in [2.05, 4.69) is 17.5 Å². The number of allylic oxidation sites excluding steroid dienone is 2. The molecule has 1 aromatic carbocycles. The summed E-state index contributed by atoms with van der Waals surface area (Å²) in [6, 6.07) is 6.70. The van der Waals surface area contributed by atoms with E-state index in [4.69, 9.17) is 0 Å². The lowest BCUT2D eigenvalue weighted by atomic mass is 9.63. The van der Waals surface area contributed by atoms with Crippen LogP contribution in [0.3, 0.4) is 0 Å². The van der Waals surface area contributed by atoms with Crippen LogP contribution in [-0.2, 0) is 14.4 Å². The number of likely N-dealkylation sites (tertiary alicyclic amines) is 1. The van der Waals surface area contributed by atoms with E-state index < -0.39 is 6.04 Å². The molecule has 1 aromatic rings. The molecule has 7 atom stereocenters. The van der Waals surface area contributed by atoms with Gasteiger partial charge in [-0.15, -0.1) is 0 Å². The van der Waals surface area contributed by atoms with Gasteiger partial charge in [-0.1, -0.05) is 24.3 Å². The molecule has 0 aromatic heterocycles. The zero-order chi connectivity index (χ0) is 18.2. The van der Waals surface area contributed by atoms with Crippen molar-refractivity contribution >= 4 is 23.4 Å². The van der Waals surface area contributed by atoms with Gasteiger partial charge in [0.15, 0.2) is 0 Å². The number of aryl methyl sites for hydroxylation is 1. The minimum Gasteiger partial charge on any atom is -0.324 e. The molecule has 0 radical (unpaired) electrons. The highest BCUT2D eigenvalue weighted by Gasteiger charge is 2.67. The molecule has 0 unspecified atom stereocenters. The van der Waals surface area contributed by atoms with Crippen LogP contribution in [0.15, 0.2) is 36.4 Å². The summed E-state index contributed by atoms with van der Waals surface area (Å²) in [4.78, 5) is 40.0. The summed E-state index contributed by atoms with van der Waals surface area (Å²) in [6.07, 6.45) is 5.43. The molecule has 4 aliphatic carbocycles. The zero-order valence-corrected chi connectivity index (χ0v) is 14.9. The third-order valence-corrected chi connectivity index (χ3v) is 6.75. The van der Waals surface area contributed by atoms with Crippen LogP contribution in [0.1, 0.15) is 18.9 Å². The Morgan fingerprint density at radius 2 is 1.73 bits per heavy atom. The third-order valence-electron chi connectivity index (χ3n) is 6.75. The standard InChI is InChI=1S/C21H22N2O3/c1-10-4-3-5-12(8-10)22-19(24)11(2)23-20(25)17-13-6-7-14(16-9-15(13)16)18(17)21(23)26/h3-8,11,13-18H,9H2,1-2H3,(H,22,24)/t11-,13-,14-,15-,16+,17-,18+/m0/s1. The van der Waals surface area contributed by atoms with Crippen molar-refractivity contribution in [1.82, 2.24) is 4.90 Å². The molecule has 2 bridgehead atoms. The van der Waals surface area contributed by atoms with Crippen LogP contribution in [0.5, 0.6) is 0 Å². The number of hydrogen-bond donors (Lipinski definition) is 1. The number of imide groups is 1. The number of carbonyl (C=O) groups is 3. The second-order valence-electron chi connectivity index (χ2n) is 8.24. The quantitative estimate of drug-likeness (QED) is 0.672. The Bertz CT molecular complexity index is 825. The fraction of sp³-hybridized carbons (Fsp3) is 0.476. The Hall–Kier alpha value is -2.43. The number of carbonyl (C=O) groups excluding carboxylic acids is 3. The molecule has 2 saturated carbocycles. The molecule has 5 nitrogen and oxygen atoms in total. The summed E-state index contributed by atoms with van der Waals surface area (Å²) in [6.45, 7) is 3.60. The van der Waals surface area contributed by atoms with E-state index in [-0.39, 0.29) is 41.4 Å². The Morgan fingerprint density at radius 1 is 1.12 bits per heavy atom. The maximum atomic E-state index is 13.0. The van der Waals surface area contributed by atoms with Gasteiger partial charge in [-0.3, -0.25) is 19.3 Å². The monoisotopic (exact) mass is 350 g/mol. The van der Waals surface area contributed by atoms with Crippen molar-refractivity contribution in [2.45, 2.75) is 26.3 Å². The number of anilines is 1. The molecule has 3 amide bonds. The van der Waals surface area contributed by atoms with E-state index in [0.717, 1.165) is 12.0 Å². The van der Waals surface area contributed by atoms with E-state index in [1.165, 1.54) is 4.90 Å². The lowest BCUT2D eigenvalue weighted by molar-refractivity contribution is -0.146. The molecule has 134 valence electrons. The first kappa shape index (κ1) is 15.8. The average Bonchev–Trinajstić information content (AvgIpc) is 3.39. The summed E-state index contributed by atoms with van der Waals surface area (Å²) < 4.78 is 0. The second-order valence-corrected chi connectivity index (χ2v) is 8.24. The molecule has 5 heteroatoms. The highest BCUT2D eigenvalue weighted by Crippen LogP contribution is 2.65. The van der Waals surface area contributed by atoms with E-state index >= 15 is 0 Å². The fourth-order valence-corrected chi connectivity index (χ4v) is 5.45. The fourth-order valence-electron chi connectivity index (χ4n) is 5.45. The first-order valence-electron chi connectivity index (χ1n) is 9.40. The predicted octanol–water partition coefficient (Wildman–Crippen LogP) is 2.38. The van der Waals surface area contributed by atoms with Gasteiger partial charge in [-0.2, -0.15) is 0 Å². The van der Waals surface area contributed by atoms with Crippen molar-refractivity contribution < 1.29 is 14.4 Å². The van der Waals surface area contributed by atoms with Crippen molar-refractivity contribution in [3.05, 3.63) is 42.0 Å². The van der Waals surface area contributed by atoms with Gasteiger partial charge in [0, 0.05) is 5.69 Å². The number of nitrogens with zero attached hydrogens (tertiary/aromatic N) is 1. The smallest absolute Gasteiger partial charge is 0.247 e. The van der Waals surface area contributed by atoms with E-state index in [1.807, 2.05) is 31.2 Å². The number of nitrogens with one attached hydrogen (secondary N) is 1.